The summed E-state index contributed by atoms with van der Waals surface area (Å²) in [4.78, 5) is 14.3. The van der Waals surface area contributed by atoms with Gasteiger partial charge in [0.1, 0.15) is 5.76 Å². The lowest BCUT2D eigenvalue weighted by molar-refractivity contribution is 0.0631. The standard InChI is InChI=1S/C14H18N4O3/c1-10-7-13(16-21-10)14(19)17-8-11-3-5-15-18(11)12(9-17)4-6-20-2/h3,5,7,12H,4,6,8-9H2,1-2H3/t12-/m1/s1. The van der Waals surface area contributed by atoms with E-state index in [0.717, 1.165) is 12.1 Å². The van der Waals surface area contributed by atoms with Crippen LogP contribution < -0.4 is 0 Å². The van der Waals surface area contributed by atoms with Gasteiger partial charge in [-0.25, -0.2) is 0 Å². The molecule has 0 saturated heterocycles. The first-order chi connectivity index (χ1) is 10.2. The molecular formula is C14H18N4O3. The molecule has 0 saturated carbocycles. The molecule has 0 N–H and O–H groups in total. The average molecular weight is 290 g/mol. The van der Waals surface area contributed by atoms with Crippen LogP contribution in [0, 0.1) is 6.92 Å². The van der Waals surface area contributed by atoms with E-state index in [1.54, 1.807) is 31.2 Å². The molecule has 0 fully saturated rings. The summed E-state index contributed by atoms with van der Waals surface area (Å²) >= 11 is 0. The molecule has 0 radical (unpaired) electrons. The van der Waals surface area contributed by atoms with Crippen molar-refractivity contribution in [1.29, 1.82) is 0 Å². The van der Waals surface area contributed by atoms with E-state index in [-0.39, 0.29) is 11.9 Å². The van der Waals surface area contributed by atoms with Crippen molar-refractivity contribution >= 4 is 5.91 Å². The van der Waals surface area contributed by atoms with Gasteiger partial charge >= 0.3 is 0 Å². The number of nitrogens with zero attached hydrogens (tertiary/aromatic N) is 4. The van der Waals surface area contributed by atoms with Gasteiger partial charge in [0, 0.05) is 32.5 Å². The van der Waals surface area contributed by atoms with Gasteiger partial charge in [0.25, 0.3) is 5.91 Å². The highest BCUT2D eigenvalue weighted by atomic mass is 16.5. The monoisotopic (exact) mass is 290 g/mol. The minimum absolute atomic E-state index is 0.110. The molecule has 3 heterocycles. The highest BCUT2D eigenvalue weighted by Gasteiger charge is 2.30. The number of hydrogen-bond acceptors (Lipinski definition) is 5. The Morgan fingerprint density at radius 1 is 1.57 bits per heavy atom. The maximum Gasteiger partial charge on any atom is 0.276 e. The zero-order valence-electron chi connectivity index (χ0n) is 12.2. The largest absolute Gasteiger partial charge is 0.385 e. The fourth-order valence-electron chi connectivity index (χ4n) is 2.64. The summed E-state index contributed by atoms with van der Waals surface area (Å²) in [6.45, 7) is 3.54. The van der Waals surface area contributed by atoms with Crippen molar-refractivity contribution in [3.05, 3.63) is 35.5 Å². The van der Waals surface area contributed by atoms with Gasteiger partial charge in [0.05, 0.1) is 18.3 Å². The molecule has 0 aromatic carbocycles. The van der Waals surface area contributed by atoms with E-state index in [4.69, 9.17) is 9.26 Å². The van der Waals surface area contributed by atoms with Crippen molar-refractivity contribution in [3.63, 3.8) is 0 Å². The number of carbonyl (C=O) groups is 1. The Morgan fingerprint density at radius 3 is 3.14 bits per heavy atom. The molecule has 7 heteroatoms. The smallest absolute Gasteiger partial charge is 0.276 e. The number of fused-ring (bicyclic) bond motifs is 1. The fraction of sp³-hybridized carbons (Fsp3) is 0.500. The first-order valence-electron chi connectivity index (χ1n) is 6.93. The number of rotatable bonds is 4. The number of carbonyl (C=O) groups excluding carboxylic acids is 1. The molecule has 0 unspecified atom stereocenters. The third kappa shape index (κ3) is 2.69. The average Bonchev–Trinajstić information content (AvgIpc) is 3.12. The van der Waals surface area contributed by atoms with Crippen LogP contribution in [0.4, 0.5) is 0 Å². The van der Waals surface area contributed by atoms with Gasteiger partial charge in [-0.3, -0.25) is 9.48 Å². The van der Waals surface area contributed by atoms with Crippen LogP contribution >= 0.6 is 0 Å². The Hall–Kier alpha value is -2.15. The number of aryl methyl sites for hydroxylation is 1. The van der Waals surface area contributed by atoms with E-state index in [0.29, 0.717) is 31.2 Å². The summed E-state index contributed by atoms with van der Waals surface area (Å²) in [7, 11) is 1.67. The van der Waals surface area contributed by atoms with Crippen molar-refractivity contribution in [2.75, 3.05) is 20.3 Å². The van der Waals surface area contributed by atoms with Gasteiger partial charge in [0.15, 0.2) is 5.69 Å². The lowest BCUT2D eigenvalue weighted by atomic mass is 10.1. The Morgan fingerprint density at radius 2 is 2.43 bits per heavy atom. The van der Waals surface area contributed by atoms with Gasteiger partial charge in [-0.1, -0.05) is 5.16 Å². The molecule has 0 spiro atoms. The summed E-state index contributed by atoms with van der Waals surface area (Å²) in [6.07, 6.45) is 2.58. The Bertz CT molecular complexity index is 634. The lowest BCUT2D eigenvalue weighted by Gasteiger charge is -2.33. The molecule has 21 heavy (non-hydrogen) atoms. The highest BCUT2D eigenvalue weighted by Crippen LogP contribution is 2.24. The fourth-order valence-corrected chi connectivity index (χ4v) is 2.64. The third-order valence-electron chi connectivity index (χ3n) is 3.67. The van der Waals surface area contributed by atoms with Gasteiger partial charge in [-0.2, -0.15) is 5.10 Å². The Labute approximate surface area is 122 Å². The van der Waals surface area contributed by atoms with E-state index in [2.05, 4.69) is 10.3 Å². The molecule has 3 rings (SSSR count). The third-order valence-corrected chi connectivity index (χ3v) is 3.67. The van der Waals surface area contributed by atoms with E-state index in [1.165, 1.54) is 0 Å². The SMILES string of the molecule is COCC[C@@H]1CN(C(=O)c2cc(C)on2)Cc2ccnn21. The number of ether oxygens (including phenoxy) is 1. The summed E-state index contributed by atoms with van der Waals surface area (Å²) in [5, 5.41) is 8.16. The minimum Gasteiger partial charge on any atom is -0.385 e. The number of methoxy groups -OCH3 is 1. The number of amides is 1. The van der Waals surface area contributed by atoms with Crippen molar-refractivity contribution < 1.29 is 14.1 Å². The maximum absolute atomic E-state index is 12.5. The molecule has 1 atom stereocenters. The van der Waals surface area contributed by atoms with Crippen LogP contribution in [-0.2, 0) is 11.3 Å². The second-order valence-corrected chi connectivity index (χ2v) is 5.21. The summed E-state index contributed by atoms with van der Waals surface area (Å²) in [6, 6.07) is 3.73. The molecule has 2 aromatic heterocycles. The lowest BCUT2D eigenvalue weighted by Crippen LogP contribution is -2.41. The van der Waals surface area contributed by atoms with E-state index >= 15 is 0 Å². The normalized spacial score (nSPS) is 17.8. The summed E-state index contributed by atoms with van der Waals surface area (Å²) in [5.74, 6) is 0.526. The quantitative estimate of drug-likeness (QED) is 0.851. The molecule has 1 aliphatic heterocycles. The molecule has 2 aromatic rings. The Balaban J connectivity index is 1.80. The second kappa shape index (κ2) is 5.69. The van der Waals surface area contributed by atoms with E-state index < -0.39 is 0 Å². The molecule has 7 nitrogen and oxygen atoms in total. The van der Waals surface area contributed by atoms with Crippen LogP contribution in [0.2, 0.25) is 0 Å². The zero-order valence-corrected chi connectivity index (χ0v) is 12.2. The Kier molecular flexibility index (Phi) is 3.74. The van der Waals surface area contributed by atoms with Crippen molar-refractivity contribution in [3.8, 4) is 0 Å². The van der Waals surface area contributed by atoms with Crippen LogP contribution in [0.3, 0.4) is 0 Å². The second-order valence-electron chi connectivity index (χ2n) is 5.21. The van der Waals surface area contributed by atoms with Crippen molar-refractivity contribution in [1.82, 2.24) is 19.8 Å². The van der Waals surface area contributed by atoms with Gasteiger partial charge in [0.2, 0.25) is 0 Å². The first-order valence-corrected chi connectivity index (χ1v) is 6.93. The van der Waals surface area contributed by atoms with E-state index in [9.17, 15) is 4.79 Å². The van der Waals surface area contributed by atoms with Crippen LogP contribution in [0.1, 0.15) is 34.4 Å². The molecule has 112 valence electrons. The summed E-state index contributed by atoms with van der Waals surface area (Å²) in [5.41, 5.74) is 1.38. The van der Waals surface area contributed by atoms with Crippen LogP contribution in [0.5, 0.6) is 0 Å². The molecule has 0 bridgehead atoms. The van der Waals surface area contributed by atoms with Crippen molar-refractivity contribution in [2.45, 2.75) is 25.9 Å². The zero-order chi connectivity index (χ0) is 14.8. The predicted molar refractivity (Wildman–Crippen MR) is 73.7 cm³/mol. The topological polar surface area (TPSA) is 73.4 Å². The van der Waals surface area contributed by atoms with Crippen LogP contribution in [0.25, 0.3) is 0 Å². The minimum atomic E-state index is -0.110. The van der Waals surface area contributed by atoms with Crippen LogP contribution in [-0.4, -0.2) is 46.0 Å². The van der Waals surface area contributed by atoms with Crippen molar-refractivity contribution in [2.24, 2.45) is 0 Å². The predicted octanol–water partition coefficient (Wildman–Crippen LogP) is 1.41. The highest BCUT2D eigenvalue weighted by molar-refractivity contribution is 5.92. The number of hydrogen-bond donors (Lipinski definition) is 0. The van der Waals surface area contributed by atoms with Gasteiger partial charge in [-0.05, 0) is 19.4 Å². The molecule has 1 amide bonds. The van der Waals surface area contributed by atoms with Gasteiger partial charge in [-0.15, -0.1) is 0 Å². The summed E-state index contributed by atoms with van der Waals surface area (Å²) < 4.78 is 12.1. The first kappa shape index (κ1) is 13.8. The molecule has 0 aliphatic carbocycles. The van der Waals surface area contributed by atoms with Crippen LogP contribution in [0.15, 0.2) is 22.9 Å². The molecule has 1 aliphatic rings. The van der Waals surface area contributed by atoms with E-state index in [1.807, 2.05) is 10.7 Å². The number of aromatic nitrogens is 3. The molecular weight excluding hydrogens is 272 g/mol. The maximum atomic E-state index is 12.5. The van der Waals surface area contributed by atoms with Gasteiger partial charge < -0.3 is 14.2 Å².